The molecule has 0 atom stereocenters. The summed E-state index contributed by atoms with van der Waals surface area (Å²) < 4.78 is 0.782. The molecule has 0 spiro atoms. The normalized spacial score (nSPS) is 10.2. The number of aryl methyl sites for hydroxylation is 1. The second-order valence-electron chi connectivity index (χ2n) is 3.90. The lowest BCUT2D eigenvalue weighted by Gasteiger charge is -2.07. The Morgan fingerprint density at radius 2 is 1.82 bits per heavy atom. The number of carbonyl (C=O) groups is 1. The van der Waals surface area contributed by atoms with E-state index in [-0.39, 0.29) is 5.78 Å². The maximum Gasteiger partial charge on any atom is 0.196 e. The molecule has 0 amide bonds. The van der Waals surface area contributed by atoms with Gasteiger partial charge in [-0.05, 0) is 36.8 Å². The number of nitrogens with two attached hydrogens (primary N) is 1. The second kappa shape index (κ2) is 4.72. The highest BCUT2D eigenvalue weighted by molar-refractivity contribution is 9.10. The summed E-state index contributed by atoms with van der Waals surface area (Å²) in [5.74, 6) is -0.0602. The molecular weight excluding hydrogens is 278 g/mol. The van der Waals surface area contributed by atoms with Crippen molar-refractivity contribution in [3.8, 4) is 0 Å². The van der Waals surface area contributed by atoms with Crippen molar-refractivity contribution >= 4 is 27.4 Å². The van der Waals surface area contributed by atoms with Crippen molar-refractivity contribution in [1.82, 2.24) is 0 Å². The lowest BCUT2D eigenvalue weighted by atomic mass is 10.0. The van der Waals surface area contributed by atoms with E-state index in [1.807, 2.05) is 37.3 Å². The van der Waals surface area contributed by atoms with E-state index in [0.717, 1.165) is 10.0 Å². The van der Waals surface area contributed by atoms with E-state index >= 15 is 0 Å². The summed E-state index contributed by atoms with van der Waals surface area (Å²) in [6.45, 7) is 1.95. The molecule has 2 rings (SSSR count). The fourth-order valence-electron chi connectivity index (χ4n) is 1.68. The van der Waals surface area contributed by atoms with Gasteiger partial charge in [-0.25, -0.2) is 0 Å². The monoisotopic (exact) mass is 289 g/mol. The van der Waals surface area contributed by atoms with Crippen LogP contribution >= 0.6 is 15.9 Å². The Morgan fingerprint density at radius 1 is 1.12 bits per heavy atom. The third-order valence-electron chi connectivity index (χ3n) is 2.57. The van der Waals surface area contributed by atoms with Crippen molar-refractivity contribution in [3.63, 3.8) is 0 Å². The Kier molecular flexibility index (Phi) is 3.29. The van der Waals surface area contributed by atoms with Crippen molar-refractivity contribution in [1.29, 1.82) is 0 Å². The molecule has 0 unspecified atom stereocenters. The Bertz CT molecular complexity index is 578. The minimum atomic E-state index is -0.0602. The summed E-state index contributed by atoms with van der Waals surface area (Å²) in [6, 6.07) is 12.8. The van der Waals surface area contributed by atoms with Crippen LogP contribution in [0.1, 0.15) is 21.5 Å². The molecular formula is C14H12BrNO. The van der Waals surface area contributed by atoms with Crippen molar-refractivity contribution in [2.75, 3.05) is 5.73 Å². The molecule has 2 N–H and O–H groups in total. The quantitative estimate of drug-likeness (QED) is 0.678. The van der Waals surface area contributed by atoms with E-state index < -0.39 is 0 Å². The van der Waals surface area contributed by atoms with Crippen LogP contribution in [0.4, 0.5) is 5.69 Å². The molecule has 3 heteroatoms. The molecule has 0 heterocycles. The van der Waals surface area contributed by atoms with Crippen LogP contribution in [0.15, 0.2) is 46.9 Å². The summed E-state index contributed by atoms with van der Waals surface area (Å²) in [5, 5.41) is 0. The second-order valence-corrected chi connectivity index (χ2v) is 4.75. The molecule has 2 aromatic carbocycles. The van der Waals surface area contributed by atoms with Crippen LogP contribution in [0, 0.1) is 6.92 Å². The van der Waals surface area contributed by atoms with Crippen LogP contribution in [0.5, 0.6) is 0 Å². The van der Waals surface area contributed by atoms with Gasteiger partial charge in [0.25, 0.3) is 0 Å². The Morgan fingerprint density at radius 3 is 2.47 bits per heavy atom. The predicted molar refractivity (Wildman–Crippen MR) is 73.2 cm³/mol. The van der Waals surface area contributed by atoms with Crippen LogP contribution in [0.3, 0.4) is 0 Å². The number of benzene rings is 2. The molecule has 0 saturated heterocycles. The van der Waals surface area contributed by atoms with Gasteiger partial charge in [0, 0.05) is 21.3 Å². The Hall–Kier alpha value is -1.61. The highest BCUT2D eigenvalue weighted by atomic mass is 79.9. The number of halogens is 1. The van der Waals surface area contributed by atoms with Gasteiger partial charge in [-0.2, -0.15) is 0 Å². The van der Waals surface area contributed by atoms with E-state index in [1.165, 1.54) is 0 Å². The van der Waals surface area contributed by atoms with Gasteiger partial charge in [0.05, 0.1) is 0 Å². The molecule has 2 aromatic rings. The number of anilines is 1. The van der Waals surface area contributed by atoms with E-state index in [1.54, 1.807) is 12.1 Å². The molecule has 0 aliphatic carbocycles. The maximum atomic E-state index is 12.3. The molecule has 0 saturated carbocycles. The minimum Gasteiger partial charge on any atom is -0.398 e. The molecule has 86 valence electrons. The first-order valence-electron chi connectivity index (χ1n) is 5.25. The minimum absolute atomic E-state index is 0.0602. The van der Waals surface area contributed by atoms with E-state index in [0.29, 0.717) is 16.8 Å². The molecule has 0 fully saturated rings. The van der Waals surface area contributed by atoms with Gasteiger partial charge < -0.3 is 5.73 Å². The van der Waals surface area contributed by atoms with Gasteiger partial charge in [0.15, 0.2) is 5.78 Å². The first kappa shape index (κ1) is 11.9. The summed E-state index contributed by atoms with van der Waals surface area (Å²) in [6.07, 6.45) is 0. The number of rotatable bonds is 2. The summed E-state index contributed by atoms with van der Waals surface area (Å²) >= 11 is 3.37. The van der Waals surface area contributed by atoms with Crippen molar-refractivity contribution in [3.05, 3.63) is 63.6 Å². The van der Waals surface area contributed by atoms with Gasteiger partial charge in [-0.3, -0.25) is 4.79 Å². The number of nitrogen functional groups attached to an aromatic ring is 1. The topological polar surface area (TPSA) is 43.1 Å². The zero-order valence-electron chi connectivity index (χ0n) is 9.41. The van der Waals surface area contributed by atoms with Gasteiger partial charge in [-0.15, -0.1) is 0 Å². The lowest BCUT2D eigenvalue weighted by Crippen LogP contribution is -2.06. The smallest absolute Gasteiger partial charge is 0.196 e. The highest BCUT2D eigenvalue weighted by Gasteiger charge is 2.14. The molecule has 0 aliphatic rings. The SMILES string of the molecule is Cc1ccc(C(=O)c2ccccc2Br)c(N)c1. The largest absolute Gasteiger partial charge is 0.398 e. The predicted octanol–water partition coefficient (Wildman–Crippen LogP) is 3.57. The van der Waals surface area contributed by atoms with Crippen LogP contribution in [0.2, 0.25) is 0 Å². The molecule has 0 radical (unpaired) electrons. The molecule has 0 bridgehead atoms. The molecule has 0 aromatic heterocycles. The summed E-state index contributed by atoms with van der Waals surface area (Å²) in [4.78, 5) is 12.3. The number of hydrogen-bond donors (Lipinski definition) is 1. The van der Waals surface area contributed by atoms with Crippen LogP contribution in [-0.4, -0.2) is 5.78 Å². The third kappa shape index (κ3) is 2.39. The number of ketones is 1. The first-order valence-corrected chi connectivity index (χ1v) is 6.04. The Balaban J connectivity index is 2.48. The average Bonchev–Trinajstić information content (AvgIpc) is 2.29. The molecule has 2 nitrogen and oxygen atoms in total. The van der Waals surface area contributed by atoms with E-state index in [4.69, 9.17) is 5.73 Å². The van der Waals surface area contributed by atoms with E-state index in [2.05, 4.69) is 15.9 Å². The van der Waals surface area contributed by atoms with Crippen molar-refractivity contribution < 1.29 is 4.79 Å². The van der Waals surface area contributed by atoms with Crippen molar-refractivity contribution in [2.45, 2.75) is 6.92 Å². The lowest BCUT2D eigenvalue weighted by molar-refractivity contribution is 0.103. The van der Waals surface area contributed by atoms with Crippen LogP contribution < -0.4 is 5.73 Å². The fraction of sp³-hybridized carbons (Fsp3) is 0.0714. The van der Waals surface area contributed by atoms with Gasteiger partial charge in [0.1, 0.15) is 0 Å². The zero-order valence-corrected chi connectivity index (χ0v) is 11.0. The van der Waals surface area contributed by atoms with Crippen LogP contribution in [-0.2, 0) is 0 Å². The number of carbonyl (C=O) groups excluding carboxylic acids is 1. The van der Waals surface area contributed by atoms with Gasteiger partial charge >= 0.3 is 0 Å². The molecule has 0 aliphatic heterocycles. The van der Waals surface area contributed by atoms with Crippen LogP contribution in [0.25, 0.3) is 0 Å². The van der Waals surface area contributed by atoms with E-state index in [9.17, 15) is 4.79 Å². The fourth-order valence-corrected chi connectivity index (χ4v) is 2.14. The summed E-state index contributed by atoms with van der Waals surface area (Å²) in [5.41, 5.74) is 8.61. The summed E-state index contributed by atoms with van der Waals surface area (Å²) in [7, 11) is 0. The average molecular weight is 290 g/mol. The first-order chi connectivity index (χ1) is 8.09. The van der Waals surface area contributed by atoms with Gasteiger partial charge in [-0.1, -0.05) is 34.1 Å². The molecule has 17 heavy (non-hydrogen) atoms. The zero-order chi connectivity index (χ0) is 12.4. The Labute approximate surface area is 109 Å². The highest BCUT2D eigenvalue weighted by Crippen LogP contribution is 2.23. The maximum absolute atomic E-state index is 12.3. The van der Waals surface area contributed by atoms with Crippen molar-refractivity contribution in [2.24, 2.45) is 0 Å². The number of hydrogen-bond acceptors (Lipinski definition) is 2. The standard InChI is InChI=1S/C14H12BrNO/c1-9-6-7-11(13(16)8-9)14(17)10-4-2-3-5-12(10)15/h2-8H,16H2,1H3. The van der Waals surface area contributed by atoms with Gasteiger partial charge in [0.2, 0.25) is 0 Å². The third-order valence-corrected chi connectivity index (χ3v) is 3.26.